The first-order chi connectivity index (χ1) is 15.1. The standard InChI is InChI=1S/C23H46O2.C3H8O3/c1-2-3-4-5-6-7-8-9-10-11-12-13-14-15-16-17-18-19-20-21-22-23(24)25;4-1-3(6)2-5/h2-22H2,1H3,(H,24,25);3-6H,1-2H2. The molecule has 4 N–H and O–H groups in total. The number of aliphatic hydroxyl groups is 3. The van der Waals surface area contributed by atoms with Gasteiger partial charge in [0.05, 0.1) is 13.2 Å². The van der Waals surface area contributed by atoms with Gasteiger partial charge in [-0.2, -0.15) is 0 Å². The summed E-state index contributed by atoms with van der Waals surface area (Å²) in [4.78, 5) is 10.4. The second-order valence-electron chi connectivity index (χ2n) is 8.88. The molecule has 0 amide bonds. The second kappa shape index (κ2) is 29.4. The number of aliphatic hydroxyl groups excluding tert-OH is 3. The van der Waals surface area contributed by atoms with Gasteiger partial charge in [0.1, 0.15) is 6.10 Å². The Morgan fingerprint density at radius 2 is 0.806 bits per heavy atom. The topological polar surface area (TPSA) is 98.0 Å². The number of hydrogen-bond acceptors (Lipinski definition) is 4. The number of carboxylic acid groups (broad SMARTS) is 1. The Hall–Kier alpha value is -0.650. The number of rotatable bonds is 23. The molecule has 0 aliphatic heterocycles. The van der Waals surface area contributed by atoms with E-state index in [4.69, 9.17) is 20.4 Å². The summed E-state index contributed by atoms with van der Waals surface area (Å²) in [5.41, 5.74) is 0. The third-order valence-corrected chi connectivity index (χ3v) is 5.67. The van der Waals surface area contributed by atoms with Crippen molar-refractivity contribution in [3.63, 3.8) is 0 Å². The predicted molar refractivity (Wildman–Crippen MR) is 130 cm³/mol. The first-order valence-electron chi connectivity index (χ1n) is 13.2. The van der Waals surface area contributed by atoms with E-state index in [1.54, 1.807) is 0 Å². The minimum atomic E-state index is -0.954. The average Bonchev–Trinajstić information content (AvgIpc) is 2.77. The molecule has 31 heavy (non-hydrogen) atoms. The highest BCUT2D eigenvalue weighted by Gasteiger charge is 1.97. The fraction of sp³-hybridized carbons (Fsp3) is 0.962. The minimum Gasteiger partial charge on any atom is -0.481 e. The molecule has 0 heterocycles. The number of carbonyl (C=O) groups is 1. The highest BCUT2D eigenvalue weighted by atomic mass is 16.4. The first kappa shape index (κ1) is 32.5. The van der Waals surface area contributed by atoms with Crippen LogP contribution in [0, 0.1) is 0 Å². The van der Waals surface area contributed by atoms with Crippen LogP contribution in [-0.2, 0) is 4.79 Å². The quantitative estimate of drug-likeness (QED) is 0.132. The van der Waals surface area contributed by atoms with Gasteiger partial charge in [-0.1, -0.05) is 129 Å². The van der Waals surface area contributed by atoms with Crippen LogP contribution in [0.15, 0.2) is 0 Å². The van der Waals surface area contributed by atoms with E-state index in [1.807, 2.05) is 0 Å². The van der Waals surface area contributed by atoms with Gasteiger partial charge < -0.3 is 20.4 Å². The van der Waals surface area contributed by atoms with Gasteiger partial charge in [-0.3, -0.25) is 4.79 Å². The Kier molecular flexibility index (Phi) is 30.8. The summed E-state index contributed by atoms with van der Waals surface area (Å²) in [6.07, 6.45) is 26.6. The zero-order valence-electron chi connectivity index (χ0n) is 20.5. The SMILES string of the molecule is CCCCCCCCCCCCCCCCCCCCCCC(=O)O.OCC(O)CO. The molecule has 0 aromatic rings. The molecule has 5 heteroatoms. The van der Waals surface area contributed by atoms with Crippen molar-refractivity contribution in [1.29, 1.82) is 0 Å². The van der Waals surface area contributed by atoms with E-state index in [0.29, 0.717) is 6.42 Å². The molecule has 0 saturated heterocycles. The summed E-state index contributed by atoms with van der Waals surface area (Å²) >= 11 is 0. The van der Waals surface area contributed by atoms with E-state index in [1.165, 1.54) is 116 Å². The lowest BCUT2D eigenvalue weighted by Gasteiger charge is -2.04. The van der Waals surface area contributed by atoms with Gasteiger partial charge in [-0.25, -0.2) is 0 Å². The maximum absolute atomic E-state index is 10.4. The van der Waals surface area contributed by atoms with Gasteiger partial charge in [0, 0.05) is 6.42 Å². The molecule has 0 atom stereocenters. The van der Waals surface area contributed by atoms with Crippen molar-refractivity contribution in [1.82, 2.24) is 0 Å². The summed E-state index contributed by atoms with van der Waals surface area (Å²) < 4.78 is 0. The molecule has 0 radical (unpaired) electrons. The Labute approximate surface area is 192 Å². The van der Waals surface area contributed by atoms with E-state index in [0.717, 1.165) is 12.8 Å². The molecule has 0 fully saturated rings. The molecule has 0 bridgehead atoms. The Balaban J connectivity index is 0. The zero-order chi connectivity index (χ0) is 23.4. The van der Waals surface area contributed by atoms with Crippen molar-refractivity contribution in [2.24, 2.45) is 0 Å². The maximum Gasteiger partial charge on any atom is 0.303 e. The lowest BCUT2D eigenvalue weighted by molar-refractivity contribution is -0.137. The van der Waals surface area contributed by atoms with E-state index < -0.39 is 12.1 Å². The fourth-order valence-corrected chi connectivity index (χ4v) is 3.59. The van der Waals surface area contributed by atoms with Crippen LogP contribution >= 0.6 is 0 Å². The zero-order valence-corrected chi connectivity index (χ0v) is 20.5. The first-order valence-corrected chi connectivity index (χ1v) is 13.2. The number of carboxylic acids is 1. The van der Waals surface area contributed by atoms with Crippen LogP contribution in [0.4, 0.5) is 0 Å². The summed E-state index contributed by atoms with van der Waals surface area (Å²) in [5.74, 6) is -0.651. The molecule has 0 aliphatic carbocycles. The summed E-state index contributed by atoms with van der Waals surface area (Å²) in [7, 11) is 0. The maximum atomic E-state index is 10.4. The largest absolute Gasteiger partial charge is 0.481 e. The molecular weight excluding hydrogens is 392 g/mol. The summed E-state index contributed by atoms with van der Waals surface area (Å²) in [5, 5.41) is 32.6. The van der Waals surface area contributed by atoms with Crippen molar-refractivity contribution in [3.8, 4) is 0 Å². The Morgan fingerprint density at radius 1 is 0.548 bits per heavy atom. The minimum absolute atomic E-state index is 0.346. The van der Waals surface area contributed by atoms with E-state index in [2.05, 4.69) is 6.92 Å². The monoisotopic (exact) mass is 446 g/mol. The predicted octanol–water partition coefficient (Wildman–Crippen LogP) is 6.61. The van der Waals surface area contributed by atoms with E-state index >= 15 is 0 Å². The van der Waals surface area contributed by atoms with Gasteiger partial charge in [0.15, 0.2) is 0 Å². The van der Waals surface area contributed by atoms with Crippen molar-refractivity contribution >= 4 is 5.97 Å². The van der Waals surface area contributed by atoms with Crippen LogP contribution in [0.5, 0.6) is 0 Å². The molecule has 0 aromatic heterocycles. The van der Waals surface area contributed by atoms with Gasteiger partial charge >= 0.3 is 5.97 Å². The Morgan fingerprint density at radius 3 is 1.00 bits per heavy atom. The molecule has 188 valence electrons. The van der Waals surface area contributed by atoms with Crippen molar-refractivity contribution in [3.05, 3.63) is 0 Å². The normalized spacial score (nSPS) is 10.9. The van der Waals surface area contributed by atoms with Crippen LogP contribution in [0.1, 0.15) is 142 Å². The van der Waals surface area contributed by atoms with Crippen LogP contribution in [-0.4, -0.2) is 45.7 Å². The van der Waals surface area contributed by atoms with Crippen molar-refractivity contribution < 1.29 is 25.2 Å². The molecule has 0 spiro atoms. The molecular formula is C26H54O5. The lowest BCUT2D eigenvalue weighted by atomic mass is 10.0. The Bertz CT molecular complexity index is 332. The number of unbranched alkanes of at least 4 members (excludes halogenated alkanes) is 19. The van der Waals surface area contributed by atoms with Crippen molar-refractivity contribution in [2.75, 3.05) is 13.2 Å². The highest BCUT2D eigenvalue weighted by molar-refractivity contribution is 5.66. The smallest absolute Gasteiger partial charge is 0.303 e. The molecule has 0 unspecified atom stereocenters. The van der Waals surface area contributed by atoms with Crippen LogP contribution in [0.25, 0.3) is 0 Å². The third kappa shape index (κ3) is 34.2. The van der Waals surface area contributed by atoms with Gasteiger partial charge in [-0.05, 0) is 6.42 Å². The highest BCUT2D eigenvalue weighted by Crippen LogP contribution is 2.14. The summed E-state index contributed by atoms with van der Waals surface area (Å²) in [6.45, 7) is 1.56. The van der Waals surface area contributed by atoms with Crippen molar-refractivity contribution in [2.45, 2.75) is 148 Å². The van der Waals surface area contributed by atoms with E-state index in [9.17, 15) is 4.79 Å². The molecule has 5 nitrogen and oxygen atoms in total. The number of hydrogen-bond donors (Lipinski definition) is 4. The van der Waals surface area contributed by atoms with Gasteiger partial charge in [0.2, 0.25) is 0 Å². The van der Waals surface area contributed by atoms with Gasteiger partial charge in [0.25, 0.3) is 0 Å². The molecule has 0 saturated carbocycles. The molecule has 0 rings (SSSR count). The lowest BCUT2D eigenvalue weighted by Crippen LogP contribution is -2.15. The molecule has 0 aromatic carbocycles. The third-order valence-electron chi connectivity index (χ3n) is 5.67. The summed E-state index contributed by atoms with van der Waals surface area (Å²) in [6, 6.07) is 0. The second-order valence-corrected chi connectivity index (χ2v) is 8.88. The van der Waals surface area contributed by atoms with Crippen LogP contribution < -0.4 is 0 Å². The van der Waals surface area contributed by atoms with Gasteiger partial charge in [-0.15, -0.1) is 0 Å². The molecule has 0 aliphatic rings. The number of aliphatic carboxylic acids is 1. The fourth-order valence-electron chi connectivity index (χ4n) is 3.59. The van der Waals surface area contributed by atoms with Crippen LogP contribution in [0.2, 0.25) is 0 Å². The van der Waals surface area contributed by atoms with Crippen LogP contribution in [0.3, 0.4) is 0 Å². The average molecular weight is 447 g/mol. The van der Waals surface area contributed by atoms with E-state index in [-0.39, 0.29) is 13.2 Å².